The number of hydrogen-bond donors (Lipinski definition) is 1. The van der Waals surface area contributed by atoms with E-state index in [-0.39, 0.29) is 6.42 Å². The van der Waals surface area contributed by atoms with Crippen LogP contribution >= 0.6 is 23.2 Å². The Labute approximate surface area is 80.5 Å². The van der Waals surface area contributed by atoms with Crippen molar-refractivity contribution in [3.05, 3.63) is 27.7 Å². The molecule has 0 radical (unpaired) electrons. The van der Waals surface area contributed by atoms with Gasteiger partial charge in [-0.2, -0.15) is 5.26 Å². The van der Waals surface area contributed by atoms with Crippen LogP contribution in [0.4, 0.5) is 5.69 Å². The Hall–Kier alpha value is -0.910. The molecule has 0 atom stereocenters. The van der Waals surface area contributed by atoms with E-state index >= 15 is 0 Å². The standard InChI is InChI=1S/C8H6Cl2N2/c9-6-3-5(1-2-11)8(12)4-7(6)10/h3-4H,1,12H2. The third-order valence-electron chi connectivity index (χ3n) is 1.45. The molecule has 0 heterocycles. The number of rotatable bonds is 1. The van der Waals surface area contributed by atoms with Crippen molar-refractivity contribution in [3.63, 3.8) is 0 Å². The van der Waals surface area contributed by atoms with Gasteiger partial charge in [-0.3, -0.25) is 0 Å². The number of nitriles is 1. The molecule has 4 heteroatoms. The molecule has 1 rings (SSSR count). The molecule has 0 aliphatic heterocycles. The van der Waals surface area contributed by atoms with E-state index in [1.165, 1.54) is 0 Å². The molecule has 0 aliphatic carbocycles. The maximum absolute atomic E-state index is 8.42. The second kappa shape index (κ2) is 3.66. The Morgan fingerprint density at radius 2 is 1.92 bits per heavy atom. The molecular formula is C8H6Cl2N2. The molecule has 0 aromatic heterocycles. The molecule has 0 bridgehead atoms. The highest BCUT2D eigenvalue weighted by molar-refractivity contribution is 6.42. The number of nitrogens with zero attached hydrogens (tertiary/aromatic N) is 1. The third-order valence-corrected chi connectivity index (χ3v) is 2.17. The third kappa shape index (κ3) is 1.82. The summed E-state index contributed by atoms with van der Waals surface area (Å²) >= 11 is 11.4. The summed E-state index contributed by atoms with van der Waals surface area (Å²) in [6.07, 6.45) is 0.253. The van der Waals surface area contributed by atoms with Crippen LogP contribution < -0.4 is 5.73 Å². The molecule has 0 aliphatic rings. The smallest absolute Gasteiger partial charge is 0.0670 e. The fourth-order valence-corrected chi connectivity index (χ4v) is 1.20. The molecule has 1 aromatic carbocycles. The SMILES string of the molecule is N#CCc1cc(Cl)c(Cl)cc1N. The predicted molar refractivity (Wildman–Crippen MR) is 50.2 cm³/mol. The van der Waals surface area contributed by atoms with Crippen molar-refractivity contribution in [1.82, 2.24) is 0 Å². The van der Waals surface area contributed by atoms with Crippen LogP contribution in [0.3, 0.4) is 0 Å². The van der Waals surface area contributed by atoms with Crippen LogP contribution in [-0.2, 0) is 6.42 Å². The molecule has 0 saturated carbocycles. The first-order chi connectivity index (χ1) is 5.65. The van der Waals surface area contributed by atoms with Gasteiger partial charge in [-0.1, -0.05) is 23.2 Å². The minimum atomic E-state index is 0.253. The van der Waals surface area contributed by atoms with E-state index in [4.69, 9.17) is 34.2 Å². The highest BCUT2D eigenvalue weighted by Crippen LogP contribution is 2.27. The fraction of sp³-hybridized carbons (Fsp3) is 0.125. The van der Waals surface area contributed by atoms with Crippen molar-refractivity contribution in [2.75, 3.05) is 5.73 Å². The minimum Gasteiger partial charge on any atom is -0.398 e. The second-order valence-electron chi connectivity index (χ2n) is 2.30. The number of nitrogens with two attached hydrogens (primary N) is 1. The minimum absolute atomic E-state index is 0.253. The summed E-state index contributed by atoms with van der Waals surface area (Å²) in [6.45, 7) is 0. The Morgan fingerprint density at radius 1 is 1.33 bits per heavy atom. The number of nitrogen functional groups attached to an aromatic ring is 1. The van der Waals surface area contributed by atoms with Gasteiger partial charge in [0, 0.05) is 5.69 Å². The summed E-state index contributed by atoms with van der Waals surface area (Å²) in [5.74, 6) is 0. The largest absolute Gasteiger partial charge is 0.398 e. The van der Waals surface area contributed by atoms with Gasteiger partial charge in [-0.25, -0.2) is 0 Å². The van der Waals surface area contributed by atoms with Gasteiger partial charge in [0.15, 0.2) is 0 Å². The molecule has 2 N–H and O–H groups in total. The summed E-state index contributed by atoms with van der Waals surface area (Å²) in [4.78, 5) is 0. The van der Waals surface area contributed by atoms with E-state index in [1.54, 1.807) is 12.1 Å². The quantitative estimate of drug-likeness (QED) is 0.710. The van der Waals surface area contributed by atoms with Crippen molar-refractivity contribution in [2.45, 2.75) is 6.42 Å². The fourth-order valence-electron chi connectivity index (χ4n) is 0.842. The molecule has 0 amide bonds. The first-order valence-corrected chi connectivity index (χ1v) is 4.01. The zero-order valence-corrected chi connectivity index (χ0v) is 7.65. The first kappa shape index (κ1) is 9.18. The summed E-state index contributed by atoms with van der Waals surface area (Å²) < 4.78 is 0. The highest BCUT2D eigenvalue weighted by Gasteiger charge is 2.03. The lowest BCUT2D eigenvalue weighted by Crippen LogP contribution is -1.93. The Balaban J connectivity index is 3.16. The Morgan fingerprint density at radius 3 is 2.50 bits per heavy atom. The monoisotopic (exact) mass is 200 g/mol. The normalized spacial score (nSPS) is 9.42. The Kier molecular flexibility index (Phi) is 2.80. The second-order valence-corrected chi connectivity index (χ2v) is 3.11. The lowest BCUT2D eigenvalue weighted by molar-refractivity contribution is 1.27. The number of anilines is 1. The van der Waals surface area contributed by atoms with E-state index in [1.807, 2.05) is 6.07 Å². The molecule has 2 nitrogen and oxygen atoms in total. The van der Waals surface area contributed by atoms with E-state index < -0.39 is 0 Å². The van der Waals surface area contributed by atoms with Gasteiger partial charge in [0.1, 0.15) is 0 Å². The summed E-state index contributed by atoms with van der Waals surface area (Å²) in [5.41, 5.74) is 6.80. The van der Waals surface area contributed by atoms with Crippen molar-refractivity contribution < 1.29 is 0 Å². The molecule has 0 saturated heterocycles. The van der Waals surface area contributed by atoms with E-state index in [2.05, 4.69) is 0 Å². The van der Waals surface area contributed by atoms with Crippen LogP contribution in [-0.4, -0.2) is 0 Å². The number of halogens is 2. The van der Waals surface area contributed by atoms with E-state index in [0.717, 1.165) is 0 Å². The van der Waals surface area contributed by atoms with Crippen LogP contribution in [0.1, 0.15) is 5.56 Å². The summed E-state index contributed by atoms with van der Waals surface area (Å²) in [6, 6.07) is 5.16. The van der Waals surface area contributed by atoms with Gasteiger partial charge in [-0.15, -0.1) is 0 Å². The summed E-state index contributed by atoms with van der Waals surface area (Å²) in [5, 5.41) is 9.26. The lowest BCUT2D eigenvalue weighted by Gasteiger charge is -2.03. The molecule has 12 heavy (non-hydrogen) atoms. The zero-order chi connectivity index (χ0) is 9.14. The van der Waals surface area contributed by atoms with Crippen LogP contribution in [0.2, 0.25) is 10.0 Å². The van der Waals surface area contributed by atoms with Crippen LogP contribution in [0.5, 0.6) is 0 Å². The van der Waals surface area contributed by atoms with Crippen molar-refractivity contribution >= 4 is 28.9 Å². The Bertz CT molecular complexity index is 342. The highest BCUT2D eigenvalue weighted by atomic mass is 35.5. The van der Waals surface area contributed by atoms with Crippen molar-refractivity contribution in [2.24, 2.45) is 0 Å². The van der Waals surface area contributed by atoms with Crippen LogP contribution in [0.15, 0.2) is 12.1 Å². The van der Waals surface area contributed by atoms with Gasteiger partial charge < -0.3 is 5.73 Å². The zero-order valence-electron chi connectivity index (χ0n) is 6.14. The average molecular weight is 201 g/mol. The predicted octanol–water partition coefficient (Wildman–Crippen LogP) is 2.64. The van der Waals surface area contributed by atoms with Gasteiger partial charge in [0.05, 0.1) is 22.5 Å². The molecule has 0 unspecified atom stereocenters. The van der Waals surface area contributed by atoms with Crippen molar-refractivity contribution in [1.29, 1.82) is 5.26 Å². The molecule has 1 aromatic rings. The molecule has 0 fully saturated rings. The number of hydrogen-bond acceptors (Lipinski definition) is 2. The maximum Gasteiger partial charge on any atom is 0.0670 e. The first-order valence-electron chi connectivity index (χ1n) is 3.25. The van der Waals surface area contributed by atoms with E-state index in [9.17, 15) is 0 Å². The van der Waals surface area contributed by atoms with Gasteiger partial charge in [0.25, 0.3) is 0 Å². The molecule has 62 valence electrons. The molecule has 0 spiro atoms. The maximum atomic E-state index is 8.42. The molecular weight excluding hydrogens is 195 g/mol. The van der Waals surface area contributed by atoms with Gasteiger partial charge in [0.2, 0.25) is 0 Å². The van der Waals surface area contributed by atoms with Gasteiger partial charge in [-0.05, 0) is 17.7 Å². The van der Waals surface area contributed by atoms with E-state index in [0.29, 0.717) is 21.3 Å². The average Bonchev–Trinajstić information content (AvgIpc) is 2.01. The topological polar surface area (TPSA) is 49.8 Å². The van der Waals surface area contributed by atoms with Crippen molar-refractivity contribution in [3.8, 4) is 6.07 Å². The summed E-state index contributed by atoms with van der Waals surface area (Å²) in [7, 11) is 0. The number of benzene rings is 1. The lowest BCUT2D eigenvalue weighted by atomic mass is 10.1. The van der Waals surface area contributed by atoms with Gasteiger partial charge >= 0.3 is 0 Å². The van der Waals surface area contributed by atoms with Crippen LogP contribution in [0, 0.1) is 11.3 Å². The van der Waals surface area contributed by atoms with Crippen LogP contribution in [0.25, 0.3) is 0 Å².